The highest BCUT2D eigenvalue weighted by molar-refractivity contribution is 5.71. The van der Waals surface area contributed by atoms with Crippen molar-refractivity contribution < 1.29 is 28.6 Å². The molecule has 0 aliphatic heterocycles. The molecule has 6 nitrogen and oxygen atoms in total. The molecule has 0 saturated heterocycles. The van der Waals surface area contributed by atoms with Crippen molar-refractivity contribution in [3.05, 3.63) is 72.9 Å². The van der Waals surface area contributed by atoms with Crippen molar-refractivity contribution in [2.45, 2.75) is 213 Å². The highest BCUT2D eigenvalue weighted by Crippen LogP contribution is 2.14. The lowest BCUT2D eigenvalue weighted by Gasteiger charge is -2.18. The topological polar surface area (TPSA) is 78.9 Å². The highest BCUT2D eigenvalue weighted by atomic mass is 16.6. The Balaban J connectivity index is 4.52. The molecule has 1 atom stereocenters. The van der Waals surface area contributed by atoms with Crippen LogP contribution in [0.4, 0.5) is 0 Å². The summed E-state index contributed by atoms with van der Waals surface area (Å²) < 4.78 is 16.6. The summed E-state index contributed by atoms with van der Waals surface area (Å²) in [4.78, 5) is 37.7. The molecular formula is C50H84O6. The van der Waals surface area contributed by atoms with Gasteiger partial charge in [0.25, 0.3) is 0 Å². The Labute approximate surface area is 344 Å². The number of hydrogen-bond donors (Lipinski definition) is 0. The number of unbranched alkanes of at least 4 members (excludes halogenated alkanes) is 21. The van der Waals surface area contributed by atoms with E-state index in [1.165, 1.54) is 96.3 Å². The Hall–Kier alpha value is -3.15. The summed E-state index contributed by atoms with van der Waals surface area (Å²) in [6, 6.07) is 0. The molecule has 56 heavy (non-hydrogen) atoms. The Bertz CT molecular complexity index is 1080. The molecule has 0 N–H and O–H groups in total. The zero-order valence-corrected chi connectivity index (χ0v) is 36.4. The van der Waals surface area contributed by atoms with E-state index in [1.54, 1.807) is 0 Å². The third-order valence-corrected chi connectivity index (χ3v) is 9.57. The molecule has 0 spiro atoms. The average Bonchev–Trinajstić information content (AvgIpc) is 3.19. The van der Waals surface area contributed by atoms with Crippen LogP contribution < -0.4 is 0 Å². The normalized spacial score (nSPS) is 12.7. The van der Waals surface area contributed by atoms with E-state index >= 15 is 0 Å². The number of allylic oxidation sites excluding steroid dienone is 12. The first-order valence-electron chi connectivity index (χ1n) is 23.0. The smallest absolute Gasteiger partial charge is 0.306 e. The number of carbonyl (C=O) groups excluding carboxylic acids is 3. The van der Waals surface area contributed by atoms with Crippen molar-refractivity contribution in [1.82, 2.24) is 0 Å². The second-order valence-electron chi connectivity index (χ2n) is 15.1. The minimum atomic E-state index is -0.808. The van der Waals surface area contributed by atoms with E-state index in [4.69, 9.17) is 14.2 Å². The first-order chi connectivity index (χ1) is 27.5. The van der Waals surface area contributed by atoms with Crippen molar-refractivity contribution >= 4 is 17.9 Å². The van der Waals surface area contributed by atoms with Gasteiger partial charge in [0.2, 0.25) is 0 Å². The standard InChI is InChI=1S/C50H84O6/c1-4-7-10-13-16-19-22-25-28-31-34-37-40-43-49(52)55-46-47(45-54-48(51)42-39-36-33-30-27-24-21-18-15-12-9-6-3)56-50(53)44-41-38-35-32-29-26-23-20-17-14-11-8-5-2/h7,10,13,16,19,22,25-26,28-29,31,34,47H,4-6,8-9,11-12,14-15,17-18,20-21,23-24,27,30,32-33,35-46H2,1-3H3/b10-7-,16-13-,22-19-,28-25-,29-26-,34-31-. The molecular weight excluding hydrogens is 697 g/mol. The van der Waals surface area contributed by atoms with Gasteiger partial charge in [0.15, 0.2) is 6.10 Å². The van der Waals surface area contributed by atoms with Gasteiger partial charge in [-0.3, -0.25) is 14.4 Å². The van der Waals surface area contributed by atoms with Crippen molar-refractivity contribution in [1.29, 1.82) is 0 Å². The fourth-order valence-corrected chi connectivity index (χ4v) is 6.11. The molecule has 6 heteroatoms. The zero-order valence-electron chi connectivity index (χ0n) is 36.4. The Morgan fingerprint density at radius 1 is 0.375 bits per heavy atom. The molecule has 0 bridgehead atoms. The molecule has 0 aromatic heterocycles. The molecule has 0 rings (SSSR count). The van der Waals surface area contributed by atoms with E-state index in [2.05, 4.69) is 39.0 Å². The van der Waals surface area contributed by atoms with Crippen molar-refractivity contribution in [2.24, 2.45) is 0 Å². The number of ether oxygens (including phenoxy) is 3. The lowest BCUT2D eigenvalue weighted by molar-refractivity contribution is -0.167. The van der Waals surface area contributed by atoms with Gasteiger partial charge < -0.3 is 14.2 Å². The van der Waals surface area contributed by atoms with Crippen molar-refractivity contribution in [3.8, 4) is 0 Å². The van der Waals surface area contributed by atoms with Crippen LogP contribution >= 0.6 is 0 Å². The van der Waals surface area contributed by atoms with Gasteiger partial charge in [-0.25, -0.2) is 0 Å². The van der Waals surface area contributed by atoms with Gasteiger partial charge in [-0.1, -0.05) is 203 Å². The summed E-state index contributed by atoms with van der Waals surface area (Å²) in [6.45, 7) is 6.39. The number of rotatable bonds is 40. The molecule has 0 aliphatic carbocycles. The fraction of sp³-hybridized carbons (Fsp3) is 0.700. The predicted molar refractivity (Wildman–Crippen MR) is 238 cm³/mol. The van der Waals surface area contributed by atoms with Crippen LogP contribution in [0.1, 0.15) is 207 Å². The summed E-state index contributed by atoms with van der Waals surface area (Å²) in [5, 5.41) is 0. The highest BCUT2D eigenvalue weighted by Gasteiger charge is 2.19. The monoisotopic (exact) mass is 781 g/mol. The van der Waals surface area contributed by atoms with Gasteiger partial charge >= 0.3 is 17.9 Å². The van der Waals surface area contributed by atoms with E-state index in [9.17, 15) is 14.4 Å². The van der Waals surface area contributed by atoms with Crippen molar-refractivity contribution in [3.63, 3.8) is 0 Å². The summed E-state index contributed by atoms with van der Waals surface area (Å²) >= 11 is 0. The summed E-state index contributed by atoms with van der Waals surface area (Å²) in [6.07, 6.45) is 54.6. The van der Waals surface area contributed by atoms with Crippen LogP contribution in [-0.4, -0.2) is 37.2 Å². The minimum absolute atomic E-state index is 0.103. The maximum absolute atomic E-state index is 12.7. The molecule has 0 aromatic carbocycles. The second-order valence-corrected chi connectivity index (χ2v) is 15.1. The van der Waals surface area contributed by atoms with Crippen LogP contribution in [0, 0.1) is 0 Å². The second kappa shape index (κ2) is 44.6. The molecule has 0 heterocycles. The first kappa shape index (κ1) is 52.9. The van der Waals surface area contributed by atoms with Gasteiger partial charge in [0, 0.05) is 19.3 Å². The minimum Gasteiger partial charge on any atom is -0.462 e. The largest absolute Gasteiger partial charge is 0.462 e. The van der Waals surface area contributed by atoms with Gasteiger partial charge in [0.1, 0.15) is 13.2 Å². The molecule has 0 saturated carbocycles. The van der Waals surface area contributed by atoms with Crippen LogP contribution in [0.25, 0.3) is 0 Å². The molecule has 0 radical (unpaired) electrons. The zero-order chi connectivity index (χ0) is 40.8. The van der Waals surface area contributed by atoms with Crippen LogP contribution in [0.2, 0.25) is 0 Å². The molecule has 0 aliphatic rings. The van der Waals surface area contributed by atoms with Gasteiger partial charge in [-0.05, 0) is 57.8 Å². The van der Waals surface area contributed by atoms with Crippen molar-refractivity contribution in [2.75, 3.05) is 13.2 Å². The summed E-state index contributed by atoms with van der Waals surface area (Å²) in [7, 11) is 0. The maximum Gasteiger partial charge on any atom is 0.306 e. The SMILES string of the molecule is CC\C=C/C=C\C=C/C=C\C=C/CCCC(=O)OCC(COC(=O)CCCCCCCCCCCCCC)OC(=O)CCCCC/C=C\CCCCCCCC. The number of esters is 3. The van der Waals surface area contributed by atoms with E-state index in [0.29, 0.717) is 19.3 Å². The van der Waals surface area contributed by atoms with Gasteiger partial charge in [0.05, 0.1) is 0 Å². The van der Waals surface area contributed by atoms with Crippen LogP contribution in [0.15, 0.2) is 72.9 Å². The average molecular weight is 781 g/mol. The molecule has 320 valence electrons. The quantitative estimate of drug-likeness (QED) is 0.0203. The lowest BCUT2D eigenvalue weighted by Crippen LogP contribution is -2.30. The fourth-order valence-electron chi connectivity index (χ4n) is 6.11. The molecule has 0 amide bonds. The maximum atomic E-state index is 12.7. The summed E-state index contributed by atoms with van der Waals surface area (Å²) in [5.74, 6) is -1.00. The number of hydrogen-bond acceptors (Lipinski definition) is 6. The Morgan fingerprint density at radius 2 is 0.732 bits per heavy atom. The predicted octanol–water partition coefficient (Wildman–Crippen LogP) is 14.7. The molecule has 1 unspecified atom stereocenters. The van der Waals surface area contributed by atoms with Crippen LogP contribution in [0.3, 0.4) is 0 Å². The molecule has 0 fully saturated rings. The van der Waals surface area contributed by atoms with Gasteiger partial charge in [-0.2, -0.15) is 0 Å². The lowest BCUT2D eigenvalue weighted by atomic mass is 10.0. The third kappa shape index (κ3) is 42.0. The van der Waals surface area contributed by atoms with Crippen LogP contribution in [-0.2, 0) is 28.6 Å². The van der Waals surface area contributed by atoms with E-state index < -0.39 is 6.10 Å². The van der Waals surface area contributed by atoms with E-state index in [1.807, 2.05) is 54.7 Å². The Morgan fingerprint density at radius 3 is 1.21 bits per heavy atom. The van der Waals surface area contributed by atoms with Gasteiger partial charge in [-0.15, -0.1) is 0 Å². The first-order valence-corrected chi connectivity index (χ1v) is 23.0. The number of carbonyl (C=O) groups is 3. The summed E-state index contributed by atoms with van der Waals surface area (Å²) in [5.41, 5.74) is 0. The van der Waals surface area contributed by atoms with Crippen LogP contribution in [0.5, 0.6) is 0 Å². The van der Waals surface area contributed by atoms with E-state index in [-0.39, 0.29) is 37.5 Å². The third-order valence-electron chi connectivity index (χ3n) is 9.57. The Kier molecular flexibility index (Phi) is 42.1. The van der Waals surface area contributed by atoms with E-state index in [0.717, 1.165) is 64.2 Å². The molecule has 0 aromatic rings.